The molecule has 2 aromatic carbocycles. The van der Waals surface area contributed by atoms with Crippen molar-refractivity contribution in [1.82, 2.24) is 5.32 Å². The summed E-state index contributed by atoms with van der Waals surface area (Å²) < 4.78 is 5.68. The molecule has 0 aliphatic rings. The summed E-state index contributed by atoms with van der Waals surface area (Å²) in [7, 11) is 0. The van der Waals surface area contributed by atoms with Gasteiger partial charge in [-0.3, -0.25) is 10.1 Å². The van der Waals surface area contributed by atoms with Gasteiger partial charge in [0.25, 0.3) is 5.91 Å². The number of amides is 1. The van der Waals surface area contributed by atoms with E-state index in [4.69, 9.17) is 28.6 Å². The number of para-hydroxylation sites is 1. The first kappa shape index (κ1) is 19.2. The minimum absolute atomic E-state index is 0.184. The molecule has 0 heterocycles. The molecule has 1 amide bonds. The van der Waals surface area contributed by atoms with E-state index in [0.717, 1.165) is 6.42 Å². The van der Waals surface area contributed by atoms with E-state index >= 15 is 0 Å². The summed E-state index contributed by atoms with van der Waals surface area (Å²) in [5.74, 6) is 0.928. The van der Waals surface area contributed by atoms with Crippen LogP contribution in [0.2, 0.25) is 5.02 Å². The largest absolute Gasteiger partial charge is 0.494 e. The topological polar surface area (TPSA) is 50.4 Å². The van der Waals surface area contributed by atoms with Crippen molar-refractivity contribution in [3.63, 3.8) is 0 Å². The number of benzene rings is 2. The first-order valence-corrected chi connectivity index (χ1v) is 8.84. The highest BCUT2D eigenvalue weighted by Crippen LogP contribution is 2.20. The van der Waals surface area contributed by atoms with Gasteiger partial charge in [-0.2, -0.15) is 0 Å². The van der Waals surface area contributed by atoms with Crippen LogP contribution in [0.15, 0.2) is 48.5 Å². The van der Waals surface area contributed by atoms with Crippen LogP contribution in [-0.4, -0.2) is 17.6 Å². The van der Waals surface area contributed by atoms with Crippen LogP contribution in [0, 0.1) is 5.92 Å². The summed E-state index contributed by atoms with van der Waals surface area (Å²) in [6, 6.07) is 14.2. The number of thiocarbonyl (C=S) groups is 1. The normalized spacial score (nSPS) is 10.4. The first-order chi connectivity index (χ1) is 12.0. The Labute approximate surface area is 158 Å². The Morgan fingerprint density at radius 1 is 1.20 bits per heavy atom. The number of nitrogens with one attached hydrogen (secondary N) is 2. The molecule has 2 rings (SSSR count). The van der Waals surface area contributed by atoms with E-state index in [2.05, 4.69) is 24.5 Å². The maximum absolute atomic E-state index is 12.3. The molecule has 0 atom stereocenters. The standard InChI is InChI=1S/C19H21ClN2O2S/c1-13(2)10-11-24-15-7-5-6-14(12-15)18(23)22-19(25)21-17-9-4-3-8-16(17)20/h3-9,12-13H,10-11H2,1-2H3,(H2,21,22,23,25). The van der Waals surface area contributed by atoms with E-state index < -0.39 is 0 Å². The Morgan fingerprint density at radius 3 is 2.68 bits per heavy atom. The van der Waals surface area contributed by atoms with Crippen molar-refractivity contribution in [3.8, 4) is 5.75 Å². The fourth-order valence-corrected chi connectivity index (χ4v) is 2.42. The minimum Gasteiger partial charge on any atom is -0.494 e. The molecule has 25 heavy (non-hydrogen) atoms. The van der Waals surface area contributed by atoms with E-state index in [1.807, 2.05) is 18.2 Å². The van der Waals surface area contributed by atoms with Crippen LogP contribution in [-0.2, 0) is 0 Å². The molecule has 2 aromatic rings. The van der Waals surface area contributed by atoms with Crippen LogP contribution < -0.4 is 15.4 Å². The third kappa shape index (κ3) is 6.36. The van der Waals surface area contributed by atoms with E-state index in [9.17, 15) is 4.79 Å². The Bertz CT molecular complexity index is 750. The van der Waals surface area contributed by atoms with Crippen LogP contribution in [0.25, 0.3) is 0 Å². The minimum atomic E-state index is -0.307. The molecule has 0 fully saturated rings. The van der Waals surface area contributed by atoms with E-state index in [1.165, 1.54) is 0 Å². The Morgan fingerprint density at radius 2 is 1.96 bits per heavy atom. The summed E-state index contributed by atoms with van der Waals surface area (Å²) in [5, 5.41) is 6.26. The van der Waals surface area contributed by atoms with Gasteiger partial charge < -0.3 is 10.1 Å². The van der Waals surface area contributed by atoms with Gasteiger partial charge in [-0.15, -0.1) is 0 Å². The van der Waals surface area contributed by atoms with Gasteiger partial charge in [0.2, 0.25) is 0 Å². The van der Waals surface area contributed by atoms with Crippen molar-refractivity contribution in [2.75, 3.05) is 11.9 Å². The smallest absolute Gasteiger partial charge is 0.257 e. The van der Waals surface area contributed by atoms with Gasteiger partial charge in [0.05, 0.1) is 17.3 Å². The molecule has 132 valence electrons. The first-order valence-electron chi connectivity index (χ1n) is 8.05. The van der Waals surface area contributed by atoms with E-state index in [1.54, 1.807) is 30.3 Å². The Balaban J connectivity index is 1.94. The van der Waals surface area contributed by atoms with Gasteiger partial charge in [0.1, 0.15) is 5.75 Å². The molecule has 4 nitrogen and oxygen atoms in total. The van der Waals surface area contributed by atoms with Gasteiger partial charge in [0, 0.05) is 5.56 Å². The highest BCUT2D eigenvalue weighted by atomic mass is 35.5. The van der Waals surface area contributed by atoms with Crippen molar-refractivity contribution >= 4 is 40.5 Å². The predicted octanol–water partition coefficient (Wildman–Crippen LogP) is 4.89. The molecule has 0 saturated heterocycles. The second-order valence-corrected chi connectivity index (χ2v) is 6.76. The molecule has 0 unspecified atom stereocenters. The van der Waals surface area contributed by atoms with Gasteiger partial charge in [0.15, 0.2) is 5.11 Å². The van der Waals surface area contributed by atoms with Crippen molar-refractivity contribution < 1.29 is 9.53 Å². The van der Waals surface area contributed by atoms with Gasteiger partial charge in [-0.05, 0) is 54.9 Å². The lowest BCUT2D eigenvalue weighted by Gasteiger charge is -2.12. The number of carbonyl (C=O) groups excluding carboxylic acids is 1. The van der Waals surface area contributed by atoms with Crippen molar-refractivity contribution in [2.24, 2.45) is 5.92 Å². The predicted molar refractivity (Wildman–Crippen MR) is 107 cm³/mol. The molecule has 0 aliphatic heterocycles. The number of hydrogen-bond acceptors (Lipinski definition) is 3. The molecular weight excluding hydrogens is 356 g/mol. The SMILES string of the molecule is CC(C)CCOc1cccc(C(=O)NC(=S)Nc2ccccc2Cl)c1. The van der Waals surface area contributed by atoms with Crippen molar-refractivity contribution in [3.05, 3.63) is 59.1 Å². The quantitative estimate of drug-likeness (QED) is 0.704. The van der Waals surface area contributed by atoms with Crippen LogP contribution >= 0.6 is 23.8 Å². The number of ether oxygens (including phenoxy) is 1. The number of carbonyl (C=O) groups is 1. The number of halogens is 1. The maximum Gasteiger partial charge on any atom is 0.257 e. The summed E-state index contributed by atoms with van der Waals surface area (Å²) in [6.07, 6.45) is 0.961. The van der Waals surface area contributed by atoms with Gasteiger partial charge in [-0.25, -0.2) is 0 Å². The maximum atomic E-state index is 12.3. The molecular formula is C19H21ClN2O2S. The number of rotatable bonds is 6. The lowest BCUT2D eigenvalue weighted by atomic mass is 10.1. The van der Waals surface area contributed by atoms with E-state index in [0.29, 0.717) is 34.5 Å². The van der Waals surface area contributed by atoms with Crippen molar-refractivity contribution in [1.29, 1.82) is 0 Å². The van der Waals surface area contributed by atoms with Crippen LogP contribution in [0.1, 0.15) is 30.6 Å². The summed E-state index contributed by atoms with van der Waals surface area (Å²) in [6.45, 7) is 4.90. The molecule has 0 aliphatic carbocycles. The number of hydrogen-bond donors (Lipinski definition) is 2. The lowest BCUT2D eigenvalue weighted by Crippen LogP contribution is -2.34. The van der Waals surface area contributed by atoms with Gasteiger partial charge >= 0.3 is 0 Å². The molecule has 0 aromatic heterocycles. The average Bonchev–Trinajstić information content (AvgIpc) is 2.57. The molecule has 0 radical (unpaired) electrons. The van der Waals surface area contributed by atoms with Gasteiger partial charge in [-0.1, -0.05) is 43.6 Å². The second-order valence-electron chi connectivity index (χ2n) is 5.95. The fourth-order valence-electron chi connectivity index (χ4n) is 2.03. The van der Waals surface area contributed by atoms with Crippen LogP contribution in [0.5, 0.6) is 5.75 Å². The molecule has 0 bridgehead atoms. The molecule has 2 N–H and O–H groups in total. The zero-order valence-corrected chi connectivity index (χ0v) is 15.8. The monoisotopic (exact) mass is 376 g/mol. The molecule has 0 spiro atoms. The van der Waals surface area contributed by atoms with Crippen molar-refractivity contribution in [2.45, 2.75) is 20.3 Å². The molecule has 6 heteroatoms. The summed E-state index contributed by atoms with van der Waals surface area (Å²) in [4.78, 5) is 12.3. The Kier molecular flexibility index (Phi) is 7.22. The average molecular weight is 377 g/mol. The fraction of sp³-hybridized carbons (Fsp3) is 0.263. The second kappa shape index (κ2) is 9.39. The lowest BCUT2D eigenvalue weighted by molar-refractivity contribution is 0.0977. The third-order valence-electron chi connectivity index (χ3n) is 3.41. The summed E-state index contributed by atoms with van der Waals surface area (Å²) >= 11 is 11.2. The van der Waals surface area contributed by atoms with Crippen LogP contribution in [0.3, 0.4) is 0 Å². The zero-order valence-electron chi connectivity index (χ0n) is 14.2. The highest BCUT2D eigenvalue weighted by Gasteiger charge is 2.10. The Hall–Kier alpha value is -2.11. The highest BCUT2D eigenvalue weighted by molar-refractivity contribution is 7.80. The number of anilines is 1. The molecule has 0 saturated carbocycles. The third-order valence-corrected chi connectivity index (χ3v) is 3.94. The van der Waals surface area contributed by atoms with E-state index in [-0.39, 0.29) is 11.0 Å². The summed E-state index contributed by atoms with van der Waals surface area (Å²) in [5.41, 5.74) is 1.12. The van der Waals surface area contributed by atoms with Crippen LogP contribution in [0.4, 0.5) is 5.69 Å². The zero-order chi connectivity index (χ0) is 18.2.